The molecule has 8 heteroatoms. The van der Waals surface area contributed by atoms with Gasteiger partial charge >= 0.3 is 0 Å². The van der Waals surface area contributed by atoms with Crippen LogP contribution in [0.5, 0.6) is 17.2 Å². The van der Waals surface area contributed by atoms with Crippen molar-refractivity contribution in [2.75, 3.05) is 27.9 Å². The van der Waals surface area contributed by atoms with Gasteiger partial charge in [0.1, 0.15) is 11.8 Å². The number of nitrogens with zero attached hydrogens (tertiary/aromatic N) is 4. The Morgan fingerprint density at radius 2 is 1.82 bits per heavy atom. The van der Waals surface area contributed by atoms with Crippen LogP contribution < -0.4 is 14.2 Å². The maximum Gasteiger partial charge on any atom is 0.203 e. The second-order valence-corrected chi connectivity index (χ2v) is 4.26. The molecule has 0 unspecified atom stereocenters. The number of rotatable bonds is 6. The van der Waals surface area contributed by atoms with Crippen molar-refractivity contribution in [2.45, 2.75) is 6.54 Å². The van der Waals surface area contributed by atoms with Crippen LogP contribution in [0.15, 0.2) is 12.1 Å². The summed E-state index contributed by atoms with van der Waals surface area (Å²) >= 11 is 0. The SMILES string of the molecule is COc1cc(-c2c(C#N)nnn2CCO)cc(OC)c1OC. The van der Waals surface area contributed by atoms with Gasteiger partial charge in [0, 0.05) is 5.56 Å². The number of aliphatic hydroxyl groups is 1. The normalized spacial score (nSPS) is 10.1. The third kappa shape index (κ3) is 2.66. The van der Waals surface area contributed by atoms with Gasteiger partial charge in [-0.25, -0.2) is 4.68 Å². The van der Waals surface area contributed by atoms with Gasteiger partial charge in [0.2, 0.25) is 5.75 Å². The van der Waals surface area contributed by atoms with E-state index in [1.807, 2.05) is 6.07 Å². The summed E-state index contributed by atoms with van der Waals surface area (Å²) in [7, 11) is 4.53. The monoisotopic (exact) mass is 304 g/mol. The quantitative estimate of drug-likeness (QED) is 0.843. The number of methoxy groups -OCH3 is 3. The molecule has 1 heterocycles. The summed E-state index contributed by atoms with van der Waals surface area (Å²) in [6.45, 7) is 0.103. The van der Waals surface area contributed by atoms with E-state index in [4.69, 9.17) is 19.3 Å². The number of ether oxygens (including phenoxy) is 3. The van der Waals surface area contributed by atoms with Gasteiger partial charge in [0.05, 0.1) is 34.5 Å². The molecule has 22 heavy (non-hydrogen) atoms. The predicted octanol–water partition coefficient (Wildman–Crippen LogP) is 0.835. The average Bonchev–Trinajstić information content (AvgIpc) is 2.96. The largest absolute Gasteiger partial charge is 0.493 e. The molecule has 0 spiro atoms. The maximum absolute atomic E-state index is 9.20. The summed E-state index contributed by atoms with van der Waals surface area (Å²) in [5.41, 5.74) is 1.27. The van der Waals surface area contributed by atoms with Gasteiger partial charge < -0.3 is 19.3 Å². The molecule has 0 radical (unpaired) electrons. The van der Waals surface area contributed by atoms with E-state index in [1.54, 1.807) is 12.1 Å². The van der Waals surface area contributed by atoms with E-state index in [0.717, 1.165) is 0 Å². The smallest absolute Gasteiger partial charge is 0.203 e. The zero-order valence-electron chi connectivity index (χ0n) is 12.5. The lowest BCUT2D eigenvalue weighted by molar-refractivity contribution is 0.269. The zero-order valence-corrected chi connectivity index (χ0v) is 12.5. The van der Waals surface area contributed by atoms with Crippen molar-refractivity contribution in [3.05, 3.63) is 17.8 Å². The molecular formula is C14H16N4O4. The van der Waals surface area contributed by atoms with E-state index in [2.05, 4.69) is 10.3 Å². The molecule has 0 aliphatic carbocycles. The second kappa shape index (κ2) is 6.78. The molecule has 0 bridgehead atoms. The molecule has 2 rings (SSSR count). The van der Waals surface area contributed by atoms with E-state index in [9.17, 15) is 5.26 Å². The Balaban J connectivity index is 2.67. The third-order valence-corrected chi connectivity index (χ3v) is 3.09. The number of aliphatic hydroxyl groups excluding tert-OH is 1. The van der Waals surface area contributed by atoms with Crippen LogP contribution in [-0.4, -0.2) is 48.0 Å². The Bertz CT molecular complexity index is 680. The van der Waals surface area contributed by atoms with Crippen molar-refractivity contribution in [3.8, 4) is 34.6 Å². The molecule has 1 aromatic heterocycles. The first-order valence-corrected chi connectivity index (χ1v) is 6.45. The molecular weight excluding hydrogens is 288 g/mol. The van der Waals surface area contributed by atoms with E-state index >= 15 is 0 Å². The molecule has 8 nitrogen and oxygen atoms in total. The Kier molecular flexibility index (Phi) is 4.80. The van der Waals surface area contributed by atoms with Crippen molar-refractivity contribution in [3.63, 3.8) is 0 Å². The minimum absolute atomic E-state index is 0.119. The van der Waals surface area contributed by atoms with Gasteiger partial charge in [-0.3, -0.25) is 0 Å². The lowest BCUT2D eigenvalue weighted by atomic mass is 10.1. The Hall–Kier alpha value is -2.79. The topological polar surface area (TPSA) is 102 Å². The number of benzene rings is 1. The zero-order chi connectivity index (χ0) is 16.1. The van der Waals surface area contributed by atoms with E-state index in [1.165, 1.54) is 26.0 Å². The second-order valence-electron chi connectivity index (χ2n) is 4.26. The van der Waals surface area contributed by atoms with Crippen LogP contribution in [-0.2, 0) is 6.54 Å². The van der Waals surface area contributed by atoms with Crippen molar-refractivity contribution in [1.29, 1.82) is 5.26 Å². The van der Waals surface area contributed by atoms with E-state index in [0.29, 0.717) is 28.5 Å². The molecule has 116 valence electrons. The summed E-state index contributed by atoms with van der Waals surface area (Å²) in [4.78, 5) is 0. The highest BCUT2D eigenvalue weighted by molar-refractivity contribution is 5.71. The standard InChI is InChI=1S/C14H16N4O4/c1-20-11-6-9(7-12(21-2)14(11)22-3)13-10(8-15)16-17-18(13)4-5-19/h6-7,19H,4-5H2,1-3H3. The molecule has 0 saturated heterocycles. The van der Waals surface area contributed by atoms with Crippen LogP contribution in [0.2, 0.25) is 0 Å². The fraction of sp³-hybridized carbons (Fsp3) is 0.357. The summed E-state index contributed by atoms with van der Waals surface area (Å²) in [5, 5.41) is 26.0. The Morgan fingerprint density at radius 1 is 1.18 bits per heavy atom. The highest BCUT2D eigenvalue weighted by Crippen LogP contribution is 2.41. The van der Waals surface area contributed by atoms with Crippen molar-refractivity contribution < 1.29 is 19.3 Å². The first-order valence-electron chi connectivity index (χ1n) is 6.45. The Morgan fingerprint density at radius 3 is 2.27 bits per heavy atom. The number of nitriles is 1. The first-order chi connectivity index (χ1) is 10.7. The van der Waals surface area contributed by atoms with Crippen molar-refractivity contribution >= 4 is 0 Å². The minimum Gasteiger partial charge on any atom is -0.493 e. The summed E-state index contributed by atoms with van der Waals surface area (Å²) < 4.78 is 17.3. The van der Waals surface area contributed by atoms with Gasteiger partial charge in [0.15, 0.2) is 17.2 Å². The predicted molar refractivity (Wildman–Crippen MR) is 76.9 cm³/mol. The lowest BCUT2D eigenvalue weighted by Gasteiger charge is -2.14. The molecule has 1 aromatic carbocycles. The van der Waals surface area contributed by atoms with Crippen LogP contribution in [0.3, 0.4) is 0 Å². The molecule has 0 amide bonds. The third-order valence-electron chi connectivity index (χ3n) is 3.09. The summed E-state index contributed by atoms with van der Waals surface area (Å²) in [5.74, 6) is 1.36. The maximum atomic E-state index is 9.20. The fourth-order valence-electron chi connectivity index (χ4n) is 2.14. The van der Waals surface area contributed by atoms with E-state index < -0.39 is 0 Å². The van der Waals surface area contributed by atoms with Crippen LogP contribution in [0, 0.1) is 11.3 Å². The number of hydrogen-bond donors (Lipinski definition) is 1. The van der Waals surface area contributed by atoms with Crippen molar-refractivity contribution in [2.24, 2.45) is 0 Å². The van der Waals surface area contributed by atoms with Gasteiger partial charge in [-0.05, 0) is 12.1 Å². The fourth-order valence-corrected chi connectivity index (χ4v) is 2.14. The van der Waals surface area contributed by atoms with Crippen LogP contribution in [0.1, 0.15) is 5.69 Å². The van der Waals surface area contributed by atoms with Gasteiger partial charge in [-0.2, -0.15) is 5.26 Å². The van der Waals surface area contributed by atoms with Crippen LogP contribution >= 0.6 is 0 Å². The molecule has 0 aliphatic heterocycles. The molecule has 0 fully saturated rings. The highest BCUT2D eigenvalue weighted by Gasteiger charge is 2.20. The molecule has 0 saturated carbocycles. The lowest BCUT2D eigenvalue weighted by Crippen LogP contribution is -2.06. The average molecular weight is 304 g/mol. The van der Waals surface area contributed by atoms with Gasteiger partial charge in [0.25, 0.3) is 0 Å². The molecule has 2 aromatic rings. The van der Waals surface area contributed by atoms with Crippen LogP contribution in [0.4, 0.5) is 0 Å². The minimum atomic E-state index is -0.119. The first kappa shape index (κ1) is 15.6. The Labute approximate surface area is 127 Å². The summed E-state index contributed by atoms with van der Waals surface area (Å²) in [6, 6.07) is 5.39. The summed E-state index contributed by atoms with van der Waals surface area (Å²) in [6.07, 6.45) is 0. The van der Waals surface area contributed by atoms with Gasteiger partial charge in [-0.15, -0.1) is 5.10 Å². The molecule has 0 atom stereocenters. The van der Waals surface area contributed by atoms with Crippen LogP contribution in [0.25, 0.3) is 11.3 Å². The molecule has 1 N–H and O–H groups in total. The highest BCUT2D eigenvalue weighted by atomic mass is 16.5. The van der Waals surface area contributed by atoms with Crippen molar-refractivity contribution in [1.82, 2.24) is 15.0 Å². The van der Waals surface area contributed by atoms with E-state index in [-0.39, 0.29) is 18.8 Å². The number of hydrogen-bond acceptors (Lipinski definition) is 7. The van der Waals surface area contributed by atoms with Gasteiger partial charge in [-0.1, -0.05) is 5.21 Å². The molecule has 0 aliphatic rings. The number of aromatic nitrogens is 3.